The quantitative estimate of drug-likeness (QED) is 0.203. The van der Waals surface area contributed by atoms with Gasteiger partial charge in [0.1, 0.15) is 12.2 Å². The Kier molecular flexibility index (Phi) is 8.69. The summed E-state index contributed by atoms with van der Waals surface area (Å²) < 4.78 is 33.2. The first-order valence-electron chi connectivity index (χ1n) is 11.0. The highest BCUT2D eigenvalue weighted by molar-refractivity contribution is 8.00. The molecule has 1 aromatic carbocycles. The van der Waals surface area contributed by atoms with Crippen molar-refractivity contribution in [3.8, 4) is 0 Å². The highest BCUT2D eigenvalue weighted by Gasteiger charge is 2.72. The van der Waals surface area contributed by atoms with E-state index in [1.165, 1.54) is 13.8 Å². The van der Waals surface area contributed by atoms with E-state index < -0.39 is 59.1 Å². The third-order valence-electron chi connectivity index (χ3n) is 5.24. The summed E-state index contributed by atoms with van der Waals surface area (Å²) in [6.07, 6.45) is -4.09. The summed E-state index contributed by atoms with van der Waals surface area (Å²) in [6, 6.07) is 8.95. The van der Waals surface area contributed by atoms with Crippen molar-refractivity contribution in [3.63, 3.8) is 0 Å². The van der Waals surface area contributed by atoms with Gasteiger partial charge in [0.2, 0.25) is 0 Å². The SMILES string of the molecule is CCOC(=O)C(=O)[C@@]1(C(=O)OCC)O[C@H]2[C@@H](OC(C)=O)[C@H](OCC)O[C@H]2C1Sc1ccccc1. The summed E-state index contributed by atoms with van der Waals surface area (Å²) >= 11 is 1.12. The largest absolute Gasteiger partial charge is 0.463 e. The molecule has 2 aliphatic rings. The van der Waals surface area contributed by atoms with Crippen LogP contribution in [0.25, 0.3) is 0 Å². The number of carbonyl (C=O) groups excluding carboxylic acids is 4. The first-order chi connectivity index (χ1) is 16.3. The van der Waals surface area contributed by atoms with Crippen LogP contribution in [0.5, 0.6) is 0 Å². The first-order valence-corrected chi connectivity index (χ1v) is 11.9. The Labute approximate surface area is 201 Å². The lowest BCUT2D eigenvalue weighted by Gasteiger charge is -2.32. The summed E-state index contributed by atoms with van der Waals surface area (Å²) in [7, 11) is 0. The first kappa shape index (κ1) is 26.1. The lowest BCUT2D eigenvalue weighted by Crippen LogP contribution is -2.59. The number of benzene rings is 1. The number of ketones is 1. The second kappa shape index (κ2) is 11.3. The fourth-order valence-electron chi connectivity index (χ4n) is 3.98. The zero-order valence-electron chi connectivity index (χ0n) is 19.4. The van der Waals surface area contributed by atoms with Gasteiger partial charge in [-0.3, -0.25) is 9.59 Å². The summed E-state index contributed by atoms with van der Waals surface area (Å²) in [6.45, 7) is 6.17. The molecular weight excluding hydrogens is 468 g/mol. The second-order valence-corrected chi connectivity index (χ2v) is 8.65. The van der Waals surface area contributed by atoms with Gasteiger partial charge in [-0.1, -0.05) is 18.2 Å². The van der Waals surface area contributed by atoms with Crippen molar-refractivity contribution >= 4 is 35.5 Å². The summed E-state index contributed by atoms with van der Waals surface area (Å²) in [5.41, 5.74) is -2.38. The predicted molar refractivity (Wildman–Crippen MR) is 118 cm³/mol. The molecule has 0 spiro atoms. The van der Waals surface area contributed by atoms with Crippen LogP contribution in [-0.4, -0.2) is 79.0 Å². The van der Waals surface area contributed by atoms with E-state index in [1.807, 2.05) is 6.07 Å². The Hall–Kier alpha value is -2.47. The molecule has 2 fully saturated rings. The Morgan fingerprint density at radius 2 is 1.65 bits per heavy atom. The van der Waals surface area contributed by atoms with Gasteiger partial charge in [0.25, 0.3) is 11.4 Å². The van der Waals surface area contributed by atoms with Gasteiger partial charge in [0.15, 0.2) is 12.4 Å². The van der Waals surface area contributed by atoms with Crippen LogP contribution in [0.4, 0.5) is 0 Å². The van der Waals surface area contributed by atoms with E-state index in [0.29, 0.717) is 4.90 Å². The van der Waals surface area contributed by atoms with Crippen molar-refractivity contribution in [2.75, 3.05) is 19.8 Å². The fraction of sp³-hybridized carbons (Fsp3) is 0.565. The number of thioether (sulfide) groups is 1. The molecule has 0 radical (unpaired) electrons. The number of esters is 3. The second-order valence-electron chi connectivity index (χ2n) is 7.44. The van der Waals surface area contributed by atoms with Crippen molar-refractivity contribution in [1.29, 1.82) is 0 Å². The maximum atomic E-state index is 13.4. The van der Waals surface area contributed by atoms with E-state index in [-0.39, 0.29) is 19.8 Å². The summed E-state index contributed by atoms with van der Waals surface area (Å²) in [5.74, 6) is -4.12. The zero-order chi connectivity index (χ0) is 24.9. The Morgan fingerprint density at radius 1 is 0.971 bits per heavy atom. The number of hydrogen-bond donors (Lipinski definition) is 0. The number of hydrogen-bond acceptors (Lipinski definition) is 11. The van der Waals surface area contributed by atoms with Crippen LogP contribution in [-0.2, 0) is 47.6 Å². The van der Waals surface area contributed by atoms with Crippen LogP contribution >= 0.6 is 11.8 Å². The molecule has 3 rings (SSSR count). The highest BCUT2D eigenvalue weighted by atomic mass is 32.2. The number of Topliss-reactive ketones (excluding diaryl/α,β-unsaturated/α-hetero) is 1. The molecule has 0 aromatic heterocycles. The van der Waals surface area contributed by atoms with Crippen molar-refractivity contribution in [3.05, 3.63) is 30.3 Å². The Bertz CT molecular complexity index is 906. The van der Waals surface area contributed by atoms with Gasteiger partial charge in [-0.25, -0.2) is 9.59 Å². The summed E-state index contributed by atoms with van der Waals surface area (Å²) in [4.78, 5) is 51.8. The minimum Gasteiger partial charge on any atom is -0.463 e. The van der Waals surface area contributed by atoms with E-state index in [1.54, 1.807) is 38.1 Å². The molecular formula is C23H28O10S. The number of fused-ring (bicyclic) bond motifs is 1. The van der Waals surface area contributed by atoms with Gasteiger partial charge in [0, 0.05) is 18.4 Å². The van der Waals surface area contributed by atoms with Gasteiger partial charge in [0.05, 0.1) is 18.5 Å². The van der Waals surface area contributed by atoms with Crippen LogP contribution in [0.15, 0.2) is 35.2 Å². The van der Waals surface area contributed by atoms with Crippen molar-refractivity contribution in [2.24, 2.45) is 0 Å². The maximum Gasteiger partial charge on any atom is 0.378 e. The molecule has 2 heterocycles. The molecule has 34 heavy (non-hydrogen) atoms. The van der Waals surface area contributed by atoms with Crippen LogP contribution in [0.1, 0.15) is 27.7 Å². The average molecular weight is 497 g/mol. The standard InChI is InChI=1S/C23H28O10S/c1-5-28-20(26)18(25)23(22(27)30-7-3)19(34-14-11-9-8-10-12-14)16-15(33-23)17(31-13(4)24)21(32-16)29-6-2/h8-12,15-17,19,21H,5-7H2,1-4H3/t15-,16-,17-,19?,21-,23-/m1/s1. The van der Waals surface area contributed by atoms with Gasteiger partial charge < -0.3 is 28.4 Å². The highest BCUT2D eigenvalue weighted by Crippen LogP contribution is 2.50. The summed E-state index contributed by atoms with van der Waals surface area (Å²) in [5, 5.41) is -1.07. The molecule has 1 unspecified atom stereocenters. The lowest BCUT2D eigenvalue weighted by atomic mass is 9.92. The van der Waals surface area contributed by atoms with Crippen LogP contribution in [0, 0.1) is 0 Å². The van der Waals surface area contributed by atoms with Crippen molar-refractivity contribution in [2.45, 2.75) is 68.0 Å². The molecule has 0 N–H and O–H groups in total. The van der Waals surface area contributed by atoms with E-state index in [0.717, 1.165) is 11.8 Å². The number of carbonyl (C=O) groups is 4. The smallest absolute Gasteiger partial charge is 0.378 e. The minimum absolute atomic E-state index is 0.0616. The van der Waals surface area contributed by atoms with E-state index in [4.69, 9.17) is 28.4 Å². The van der Waals surface area contributed by atoms with E-state index in [2.05, 4.69) is 0 Å². The average Bonchev–Trinajstić information content (AvgIpc) is 3.29. The van der Waals surface area contributed by atoms with Crippen LogP contribution < -0.4 is 0 Å². The molecule has 2 aliphatic heterocycles. The van der Waals surface area contributed by atoms with E-state index >= 15 is 0 Å². The van der Waals surface area contributed by atoms with Gasteiger partial charge in [-0.15, -0.1) is 11.8 Å². The van der Waals surface area contributed by atoms with Gasteiger partial charge in [-0.05, 0) is 32.9 Å². The van der Waals surface area contributed by atoms with Gasteiger partial charge in [-0.2, -0.15) is 0 Å². The fourth-order valence-corrected chi connectivity index (χ4v) is 5.36. The molecule has 11 heteroatoms. The molecule has 6 atom stereocenters. The van der Waals surface area contributed by atoms with Crippen LogP contribution in [0.2, 0.25) is 0 Å². The Morgan fingerprint density at radius 3 is 2.24 bits per heavy atom. The van der Waals surface area contributed by atoms with Crippen LogP contribution in [0.3, 0.4) is 0 Å². The van der Waals surface area contributed by atoms with Crippen molar-refractivity contribution < 1.29 is 47.6 Å². The molecule has 2 saturated heterocycles. The van der Waals surface area contributed by atoms with Gasteiger partial charge >= 0.3 is 17.9 Å². The molecule has 0 bridgehead atoms. The van der Waals surface area contributed by atoms with Crippen molar-refractivity contribution in [1.82, 2.24) is 0 Å². The minimum atomic E-state index is -2.38. The maximum absolute atomic E-state index is 13.4. The molecule has 0 saturated carbocycles. The molecule has 1 aromatic rings. The monoisotopic (exact) mass is 496 g/mol. The molecule has 0 aliphatic carbocycles. The predicted octanol–water partition coefficient (Wildman–Crippen LogP) is 1.67. The molecule has 10 nitrogen and oxygen atoms in total. The topological polar surface area (TPSA) is 124 Å². The number of rotatable bonds is 10. The third kappa shape index (κ3) is 4.97. The van der Waals surface area contributed by atoms with E-state index in [9.17, 15) is 19.2 Å². The zero-order valence-corrected chi connectivity index (χ0v) is 20.2. The Balaban J connectivity index is 2.11. The lowest BCUT2D eigenvalue weighted by molar-refractivity contribution is -0.204. The number of ether oxygens (including phenoxy) is 6. The third-order valence-corrected chi connectivity index (χ3v) is 6.64. The molecule has 186 valence electrons. The normalized spacial score (nSPS) is 29.8. The molecule has 0 amide bonds.